The molecule has 3 amide bonds. The highest BCUT2D eigenvalue weighted by molar-refractivity contribution is 8.00. The lowest BCUT2D eigenvalue weighted by Crippen LogP contribution is -2.53. The van der Waals surface area contributed by atoms with Crippen molar-refractivity contribution >= 4 is 45.0 Å². The average molecular weight is 553 g/mol. The van der Waals surface area contributed by atoms with E-state index >= 15 is 8.78 Å². The Morgan fingerprint density at radius 2 is 1.76 bits per heavy atom. The van der Waals surface area contributed by atoms with Crippen LogP contribution in [0.2, 0.25) is 5.02 Å². The largest absolute Gasteiger partial charge is 0.326 e. The summed E-state index contributed by atoms with van der Waals surface area (Å²) in [6.45, 7) is 0.0289. The van der Waals surface area contributed by atoms with E-state index in [4.69, 9.17) is 16.7 Å². The molecule has 196 valence electrons. The Labute approximate surface area is 217 Å². The molecule has 1 saturated heterocycles. The van der Waals surface area contributed by atoms with Crippen molar-refractivity contribution in [3.05, 3.63) is 77.1 Å². The van der Waals surface area contributed by atoms with Crippen molar-refractivity contribution in [2.24, 2.45) is 5.14 Å². The van der Waals surface area contributed by atoms with Gasteiger partial charge < -0.3 is 15.5 Å². The number of amides is 3. The molecule has 0 saturated carbocycles. The second-order valence-electron chi connectivity index (χ2n) is 8.70. The minimum absolute atomic E-state index is 0.0289. The number of benzene rings is 3. The van der Waals surface area contributed by atoms with Crippen LogP contribution in [0.15, 0.2) is 59.5 Å². The Morgan fingerprint density at radius 3 is 2.41 bits per heavy atom. The van der Waals surface area contributed by atoms with Gasteiger partial charge in [0.05, 0.1) is 5.69 Å². The molecule has 1 atom stereocenters. The van der Waals surface area contributed by atoms with Crippen LogP contribution in [0.5, 0.6) is 0 Å². The standard InChI is InChI=1S/C25H24ClF3N4O3S/c1-37(30,36)22-7-3-2-5-16(22)14-11-18(28)23(19(29)12-14)33-10-4-6-21(24(33)34)32-25(35)31-20-9-8-15(26)13-17(20)27/h2-3,5,7-9,11-13,21,37H,4,6,10H2,1H3,(H2,30,36)(H2,31,32,35)/t21-/m1/s1. The first-order valence-electron chi connectivity index (χ1n) is 11.2. The summed E-state index contributed by atoms with van der Waals surface area (Å²) >= 11 is 5.70. The highest BCUT2D eigenvalue weighted by Gasteiger charge is 2.34. The number of carbonyl (C=O) groups excluding carboxylic acids is 2. The van der Waals surface area contributed by atoms with Crippen molar-refractivity contribution in [2.75, 3.05) is 23.0 Å². The van der Waals surface area contributed by atoms with Gasteiger partial charge in [-0.3, -0.25) is 14.1 Å². The van der Waals surface area contributed by atoms with Crippen molar-refractivity contribution in [3.8, 4) is 11.1 Å². The molecule has 0 unspecified atom stereocenters. The van der Waals surface area contributed by atoms with Crippen LogP contribution in [0.3, 0.4) is 0 Å². The van der Waals surface area contributed by atoms with Gasteiger partial charge in [0.2, 0.25) is 5.91 Å². The second-order valence-corrected chi connectivity index (χ2v) is 11.6. The van der Waals surface area contributed by atoms with E-state index in [2.05, 4.69) is 10.6 Å². The number of urea groups is 1. The second kappa shape index (κ2) is 10.5. The van der Waals surface area contributed by atoms with Gasteiger partial charge in [0.25, 0.3) is 0 Å². The van der Waals surface area contributed by atoms with Crippen LogP contribution in [0.4, 0.5) is 29.3 Å². The molecular formula is C25H24ClF3N4O3S. The molecule has 1 heterocycles. The van der Waals surface area contributed by atoms with Crippen LogP contribution in [0, 0.1) is 17.5 Å². The topological polar surface area (TPSA) is 105 Å². The minimum Gasteiger partial charge on any atom is -0.326 e. The van der Waals surface area contributed by atoms with Crippen molar-refractivity contribution in [1.82, 2.24) is 5.32 Å². The lowest BCUT2D eigenvalue weighted by molar-refractivity contribution is -0.121. The van der Waals surface area contributed by atoms with Crippen LogP contribution in [0.25, 0.3) is 11.1 Å². The van der Waals surface area contributed by atoms with Gasteiger partial charge in [-0.2, -0.15) is 0 Å². The summed E-state index contributed by atoms with van der Waals surface area (Å²) in [6.07, 6.45) is 1.93. The van der Waals surface area contributed by atoms with Gasteiger partial charge >= 0.3 is 6.03 Å². The molecule has 3 aromatic carbocycles. The van der Waals surface area contributed by atoms with Crippen LogP contribution in [0.1, 0.15) is 12.8 Å². The Morgan fingerprint density at radius 1 is 1.08 bits per heavy atom. The van der Waals surface area contributed by atoms with Gasteiger partial charge in [0.15, 0.2) is 11.6 Å². The molecular weight excluding hydrogens is 529 g/mol. The molecule has 0 spiro atoms. The molecule has 0 bridgehead atoms. The number of thiol groups is 1. The maximum Gasteiger partial charge on any atom is 0.319 e. The first kappa shape index (κ1) is 26.6. The normalized spacial score (nSPS) is 16.4. The van der Waals surface area contributed by atoms with Gasteiger partial charge in [0, 0.05) is 22.7 Å². The van der Waals surface area contributed by atoms with Gasteiger partial charge in [-0.15, -0.1) is 0 Å². The first-order chi connectivity index (χ1) is 17.5. The van der Waals surface area contributed by atoms with Gasteiger partial charge in [-0.05, 0) is 70.5 Å². The zero-order valence-electron chi connectivity index (χ0n) is 19.6. The lowest BCUT2D eigenvalue weighted by atomic mass is 10.0. The first-order valence-corrected chi connectivity index (χ1v) is 13.8. The third-order valence-electron chi connectivity index (χ3n) is 5.90. The monoisotopic (exact) mass is 552 g/mol. The number of carbonyl (C=O) groups is 2. The summed E-state index contributed by atoms with van der Waals surface area (Å²) in [5.41, 5.74) is -0.278. The number of halogens is 4. The molecule has 0 radical (unpaired) electrons. The predicted molar refractivity (Wildman–Crippen MR) is 139 cm³/mol. The number of nitrogens with zero attached hydrogens (tertiary/aromatic N) is 1. The third-order valence-corrected chi connectivity index (χ3v) is 7.49. The number of anilines is 2. The molecule has 0 aliphatic carbocycles. The van der Waals surface area contributed by atoms with E-state index < -0.39 is 51.2 Å². The highest BCUT2D eigenvalue weighted by Crippen LogP contribution is 2.35. The van der Waals surface area contributed by atoms with Crippen molar-refractivity contribution in [1.29, 1.82) is 0 Å². The highest BCUT2D eigenvalue weighted by atomic mass is 35.5. The number of hydrogen-bond donors (Lipinski definition) is 4. The average Bonchev–Trinajstić information content (AvgIpc) is 2.82. The number of nitrogens with two attached hydrogens (primary N) is 1. The Hall–Kier alpha value is -3.41. The zero-order valence-corrected chi connectivity index (χ0v) is 21.3. The smallest absolute Gasteiger partial charge is 0.319 e. The summed E-state index contributed by atoms with van der Waals surface area (Å²) in [7, 11) is -3.24. The van der Waals surface area contributed by atoms with E-state index in [9.17, 15) is 18.2 Å². The minimum atomic E-state index is -3.24. The quantitative estimate of drug-likeness (QED) is 0.347. The van der Waals surface area contributed by atoms with Crippen molar-refractivity contribution in [2.45, 2.75) is 23.8 Å². The molecule has 1 aliphatic heterocycles. The molecule has 4 N–H and O–H groups in total. The summed E-state index contributed by atoms with van der Waals surface area (Å²) in [5, 5.41) is 10.7. The van der Waals surface area contributed by atoms with Crippen LogP contribution < -0.4 is 20.7 Å². The third kappa shape index (κ3) is 5.79. The van der Waals surface area contributed by atoms with E-state index in [0.717, 1.165) is 23.1 Å². The predicted octanol–water partition coefficient (Wildman–Crippen LogP) is 4.62. The van der Waals surface area contributed by atoms with Crippen molar-refractivity contribution in [3.63, 3.8) is 0 Å². The fourth-order valence-electron chi connectivity index (χ4n) is 4.22. The molecule has 1 fully saturated rings. The lowest BCUT2D eigenvalue weighted by Gasteiger charge is -2.33. The number of nitrogens with one attached hydrogen (secondary N) is 2. The summed E-state index contributed by atoms with van der Waals surface area (Å²) < 4.78 is 57.0. The van der Waals surface area contributed by atoms with E-state index in [0.29, 0.717) is 12.0 Å². The van der Waals surface area contributed by atoms with E-state index in [1.165, 1.54) is 24.5 Å². The van der Waals surface area contributed by atoms with Gasteiger partial charge in [0.1, 0.15) is 17.5 Å². The summed E-state index contributed by atoms with van der Waals surface area (Å²) in [6, 6.07) is 10.2. The molecule has 37 heavy (non-hydrogen) atoms. The molecule has 12 heteroatoms. The summed E-state index contributed by atoms with van der Waals surface area (Å²) in [5.74, 6) is -3.49. The number of rotatable bonds is 5. The van der Waals surface area contributed by atoms with E-state index in [1.54, 1.807) is 18.2 Å². The Bertz CT molecular complexity index is 1410. The van der Waals surface area contributed by atoms with Crippen LogP contribution >= 0.6 is 11.6 Å². The molecule has 3 aromatic rings. The SMILES string of the molecule is C[SH](N)(=O)c1ccccc1-c1cc(F)c(N2CCC[C@@H](NC(=O)Nc3ccc(Cl)cc3F)C2=O)c(F)c1. The van der Waals surface area contributed by atoms with Crippen LogP contribution in [-0.2, 0) is 14.9 Å². The number of hydrogen-bond acceptors (Lipinski definition) is 3. The van der Waals surface area contributed by atoms with Gasteiger partial charge in [-0.1, -0.05) is 29.8 Å². The zero-order chi connectivity index (χ0) is 26.9. The Kier molecular flexibility index (Phi) is 7.58. The fourth-order valence-corrected chi connectivity index (χ4v) is 5.45. The number of piperidine rings is 1. The van der Waals surface area contributed by atoms with Crippen molar-refractivity contribution < 1.29 is 27.0 Å². The maximum absolute atomic E-state index is 15.3. The molecule has 7 nitrogen and oxygen atoms in total. The Balaban J connectivity index is 1.56. The summed E-state index contributed by atoms with van der Waals surface area (Å²) in [4.78, 5) is 26.7. The van der Waals surface area contributed by atoms with E-state index in [1.807, 2.05) is 0 Å². The fraction of sp³-hybridized carbons (Fsp3) is 0.200. The molecule has 0 aromatic heterocycles. The van der Waals surface area contributed by atoms with Gasteiger partial charge in [-0.25, -0.2) is 18.0 Å². The maximum atomic E-state index is 15.3. The molecule has 4 rings (SSSR count). The van der Waals surface area contributed by atoms with E-state index in [-0.39, 0.29) is 34.1 Å². The molecule has 1 aliphatic rings. The van der Waals surface area contributed by atoms with Crippen LogP contribution in [-0.4, -0.2) is 35.0 Å².